The molecule has 1 aromatic heterocycles. The van der Waals surface area contributed by atoms with Gasteiger partial charge in [0.2, 0.25) is 5.91 Å². The first-order valence-corrected chi connectivity index (χ1v) is 8.28. The Bertz CT molecular complexity index is 833. The molecule has 0 aliphatic rings. The molecule has 1 atom stereocenters. The highest BCUT2D eigenvalue weighted by Crippen LogP contribution is 2.27. The quantitative estimate of drug-likeness (QED) is 0.740. The second kappa shape index (κ2) is 6.92. The van der Waals surface area contributed by atoms with E-state index in [4.69, 9.17) is 0 Å². The van der Waals surface area contributed by atoms with Crippen LogP contribution in [0, 0.1) is 0 Å². The number of aromatic nitrogens is 1. The number of carbonyl (C=O) groups excluding carboxylic acids is 1. The lowest BCUT2D eigenvalue weighted by molar-refractivity contribution is -0.119. The highest BCUT2D eigenvalue weighted by Gasteiger charge is 2.16. The van der Waals surface area contributed by atoms with Gasteiger partial charge in [-0.3, -0.25) is 9.78 Å². The first-order valence-electron chi connectivity index (χ1n) is 7.48. The lowest BCUT2D eigenvalue weighted by Gasteiger charge is -2.20. The van der Waals surface area contributed by atoms with Crippen molar-refractivity contribution in [3.05, 3.63) is 76.4 Å². The summed E-state index contributed by atoms with van der Waals surface area (Å²) in [6.07, 6.45) is 2.54. The molecule has 1 unspecified atom stereocenters. The number of pyridine rings is 1. The summed E-state index contributed by atoms with van der Waals surface area (Å²) in [6.45, 7) is 1.55. The van der Waals surface area contributed by atoms with E-state index in [9.17, 15) is 4.79 Å². The van der Waals surface area contributed by atoms with Crippen molar-refractivity contribution < 1.29 is 4.79 Å². The van der Waals surface area contributed by atoms with E-state index in [1.54, 1.807) is 13.1 Å². The van der Waals surface area contributed by atoms with Gasteiger partial charge in [-0.05, 0) is 35.7 Å². The summed E-state index contributed by atoms with van der Waals surface area (Å²) in [5, 5.41) is 4.13. The first kappa shape index (κ1) is 15.7. The van der Waals surface area contributed by atoms with Gasteiger partial charge in [0.25, 0.3) is 0 Å². The molecule has 3 aromatic rings. The van der Waals surface area contributed by atoms with Gasteiger partial charge in [0.05, 0.1) is 11.6 Å². The Balaban J connectivity index is 2.04. The molecule has 4 heteroatoms. The Hall–Kier alpha value is -2.20. The van der Waals surface area contributed by atoms with Crippen molar-refractivity contribution in [3.8, 4) is 0 Å². The third kappa shape index (κ3) is 3.77. The molecule has 3 nitrogen and oxygen atoms in total. The predicted octanol–water partition coefficient (Wildman–Crippen LogP) is 4.42. The normalized spacial score (nSPS) is 12.1. The summed E-state index contributed by atoms with van der Waals surface area (Å²) in [6, 6.07) is 18.1. The van der Waals surface area contributed by atoms with E-state index in [-0.39, 0.29) is 11.9 Å². The van der Waals surface area contributed by atoms with Gasteiger partial charge in [0.15, 0.2) is 0 Å². The Morgan fingerprint density at radius 2 is 1.96 bits per heavy atom. The number of hydrogen-bond donors (Lipinski definition) is 1. The third-order valence-corrected chi connectivity index (χ3v) is 4.27. The van der Waals surface area contributed by atoms with E-state index >= 15 is 0 Å². The molecule has 0 radical (unpaired) electrons. The number of fused-ring (bicyclic) bond motifs is 1. The van der Waals surface area contributed by atoms with Crippen molar-refractivity contribution in [1.82, 2.24) is 10.3 Å². The number of hydrogen-bond acceptors (Lipinski definition) is 2. The van der Waals surface area contributed by atoms with Crippen LogP contribution < -0.4 is 5.32 Å². The maximum atomic E-state index is 11.7. The van der Waals surface area contributed by atoms with Crippen LogP contribution in [0.15, 0.2) is 65.3 Å². The van der Waals surface area contributed by atoms with Crippen LogP contribution in [0.3, 0.4) is 0 Å². The number of nitrogens with zero attached hydrogens (tertiary/aromatic N) is 1. The van der Waals surface area contributed by atoms with Crippen LogP contribution in [0.25, 0.3) is 10.9 Å². The molecule has 23 heavy (non-hydrogen) atoms. The van der Waals surface area contributed by atoms with Gasteiger partial charge < -0.3 is 5.32 Å². The Kier molecular flexibility index (Phi) is 4.72. The van der Waals surface area contributed by atoms with Crippen molar-refractivity contribution in [2.75, 3.05) is 0 Å². The molecule has 3 rings (SSSR count). The Morgan fingerprint density at radius 3 is 2.70 bits per heavy atom. The largest absolute Gasteiger partial charge is 0.349 e. The number of amides is 1. The first-order chi connectivity index (χ1) is 11.1. The molecular weight excluding hydrogens is 352 g/mol. The molecule has 0 saturated heterocycles. The van der Waals surface area contributed by atoms with Crippen molar-refractivity contribution in [2.45, 2.75) is 19.4 Å². The molecule has 0 aliphatic carbocycles. The fraction of sp³-hybridized carbons (Fsp3) is 0.158. The zero-order valence-corrected chi connectivity index (χ0v) is 14.4. The summed E-state index contributed by atoms with van der Waals surface area (Å²) in [5.41, 5.74) is 3.19. The van der Waals surface area contributed by atoms with Crippen molar-refractivity contribution in [3.63, 3.8) is 0 Å². The van der Waals surface area contributed by atoms with Gasteiger partial charge in [0.1, 0.15) is 0 Å². The summed E-state index contributed by atoms with van der Waals surface area (Å²) in [7, 11) is 0. The zero-order chi connectivity index (χ0) is 16.2. The molecule has 2 aromatic carbocycles. The summed E-state index contributed by atoms with van der Waals surface area (Å²) >= 11 is 3.48. The summed E-state index contributed by atoms with van der Waals surface area (Å²) in [5.74, 6) is -0.0343. The van der Waals surface area contributed by atoms with E-state index in [0.29, 0.717) is 0 Å². The molecule has 1 N–H and O–H groups in total. The van der Waals surface area contributed by atoms with Gasteiger partial charge in [-0.25, -0.2) is 0 Å². The van der Waals surface area contributed by atoms with Crippen molar-refractivity contribution in [1.29, 1.82) is 0 Å². The number of benzene rings is 2. The fourth-order valence-electron chi connectivity index (χ4n) is 2.78. The number of nitrogens with one attached hydrogen (secondary N) is 1. The average molecular weight is 369 g/mol. The molecule has 0 aliphatic heterocycles. The second-order valence-corrected chi connectivity index (χ2v) is 6.42. The van der Waals surface area contributed by atoms with Crippen LogP contribution in [0.4, 0.5) is 0 Å². The Morgan fingerprint density at radius 1 is 1.17 bits per heavy atom. The lowest BCUT2D eigenvalue weighted by atomic mass is 9.96. The fourth-order valence-corrected chi connectivity index (χ4v) is 3.13. The molecule has 1 amide bonds. The van der Waals surface area contributed by atoms with Crippen molar-refractivity contribution >= 4 is 32.7 Å². The van der Waals surface area contributed by atoms with Crippen LogP contribution in [0.1, 0.15) is 24.1 Å². The summed E-state index contributed by atoms with van der Waals surface area (Å²) < 4.78 is 0.994. The number of carbonyl (C=O) groups is 1. The van der Waals surface area contributed by atoms with Crippen LogP contribution in [0.2, 0.25) is 0 Å². The van der Waals surface area contributed by atoms with Gasteiger partial charge >= 0.3 is 0 Å². The smallest absolute Gasteiger partial charge is 0.217 e. The van der Waals surface area contributed by atoms with E-state index in [1.165, 1.54) is 5.56 Å². The van der Waals surface area contributed by atoms with Gasteiger partial charge in [0, 0.05) is 23.0 Å². The minimum Gasteiger partial charge on any atom is -0.349 e. The van der Waals surface area contributed by atoms with Crippen LogP contribution in [-0.2, 0) is 11.2 Å². The van der Waals surface area contributed by atoms with E-state index in [2.05, 4.69) is 38.4 Å². The van der Waals surface area contributed by atoms with Gasteiger partial charge in [-0.2, -0.15) is 0 Å². The van der Waals surface area contributed by atoms with E-state index in [0.717, 1.165) is 27.4 Å². The van der Waals surface area contributed by atoms with Crippen LogP contribution >= 0.6 is 15.9 Å². The molecule has 0 bridgehead atoms. The molecule has 116 valence electrons. The molecule has 0 spiro atoms. The van der Waals surface area contributed by atoms with Crippen LogP contribution in [0.5, 0.6) is 0 Å². The van der Waals surface area contributed by atoms with Crippen LogP contribution in [-0.4, -0.2) is 10.9 Å². The Labute approximate surface area is 143 Å². The SMILES string of the molecule is CC(=O)NC(Cc1ccccc1)c1ccnc2cc(Br)ccc12. The maximum Gasteiger partial charge on any atom is 0.217 e. The third-order valence-electron chi connectivity index (χ3n) is 3.77. The molecule has 1 heterocycles. The second-order valence-electron chi connectivity index (χ2n) is 5.50. The molecule has 0 saturated carbocycles. The van der Waals surface area contributed by atoms with Gasteiger partial charge in [-0.1, -0.05) is 52.3 Å². The van der Waals surface area contributed by atoms with Crippen molar-refractivity contribution in [2.24, 2.45) is 0 Å². The maximum absolute atomic E-state index is 11.7. The summed E-state index contributed by atoms with van der Waals surface area (Å²) in [4.78, 5) is 16.1. The zero-order valence-electron chi connectivity index (χ0n) is 12.8. The highest BCUT2D eigenvalue weighted by atomic mass is 79.9. The standard InChI is InChI=1S/C19H17BrN2O/c1-13(23)22-19(11-14-5-3-2-4-6-14)17-9-10-21-18-12-15(20)7-8-16(17)18/h2-10,12,19H,11H2,1H3,(H,22,23). The highest BCUT2D eigenvalue weighted by molar-refractivity contribution is 9.10. The topological polar surface area (TPSA) is 42.0 Å². The van der Waals surface area contributed by atoms with Gasteiger partial charge in [-0.15, -0.1) is 0 Å². The minimum absolute atomic E-state index is 0.0343. The molecular formula is C19H17BrN2O. The average Bonchev–Trinajstić information content (AvgIpc) is 2.54. The minimum atomic E-state index is -0.0819. The number of halogens is 1. The van der Waals surface area contributed by atoms with E-state index < -0.39 is 0 Å². The molecule has 0 fully saturated rings. The van der Waals surface area contributed by atoms with E-state index in [1.807, 2.05) is 42.5 Å². The monoisotopic (exact) mass is 368 g/mol. The lowest BCUT2D eigenvalue weighted by Crippen LogP contribution is -2.27. The predicted molar refractivity (Wildman–Crippen MR) is 96.1 cm³/mol. The number of rotatable bonds is 4.